The van der Waals surface area contributed by atoms with Gasteiger partial charge in [-0.15, -0.1) is 11.3 Å². The van der Waals surface area contributed by atoms with E-state index in [9.17, 15) is 37.1 Å². The van der Waals surface area contributed by atoms with Gasteiger partial charge < -0.3 is 34.4 Å². The van der Waals surface area contributed by atoms with Crippen LogP contribution in [0.15, 0.2) is 41.9 Å². The number of alkyl halides is 3. The van der Waals surface area contributed by atoms with Crippen molar-refractivity contribution in [3.8, 4) is 5.75 Å². The van der Waals surface area contributed by atoms with Crippen molar-refractivity contribution < 1.29 is 51.3 Å². The number of carboxylic acids is 1. The second-order valence-corrected chi connectivity index (χ2v) is 16.8. The number of amides is 2. The zero-order valence-corrected chi connectivity index (χ0v) is 30.5. The van der Waals surface area contributed by atoms with Crippen molar-refractivity contribution >= 4 is 45.0 Å². The first kappa shape index (κ1) is 36.9. The second kappa shape index (κ2) is 13.6. The molecule has 4 aliphatic heterocycles. The SMILES string of the molecule is C[C@@H](OCC12CCC(CC1)OC2)[C@@H](COc1ccccc1C(=O)O)NC(=O)[C@@H]1CN(c2cc(F)cc3ncsc23)CC12CN(C(=O)C1(C(F)(F)F)CC1)C2. The average Bonchev–Trinajstić information content (AvgIpc) is 3.68. The first-order valence-corrected chi connectivity index (χ1v) is 19.2. The Kier molecular flexibility index (Phi) is 9.32. The number of aromatic carboxylic acids is 1. The van der Waals surface area contributed by atoms with Crippen molar-refractivity contribution in [2.24, 2.45) is 22.2 Å². The smallest absolute Gasteiger partial charge is 0.403 e. The third-order valence-corrected chi connectivity index (χ3v) is 13.2. The Morgan fingerprint density at radius 3 is 2.52 bits per heavy atom. The Balaban J connectivity index is 1.05. The topological polar surface area (TPSA) is 131 Å². The number of nitrogens with one attached hydrogen (secondary N) is 1. The summed E-state index contributed by atoms with van der Waals surface area (Å²) in [5, 5.41) is 12.8. The molecule has 0 unspecified atom stereocenters. The van der Waals surface area contributed by atoms with Crippen molar-refractivity contribution in [1.29, 1.82) is 0 Å². The number of nitrogens with zero attached hydrogens (tertiary/aromatic N) is 3. The van der Waals surface area contributed by atoms with Crippen LogP contribution in [0.5, 0.6) is 5.75 Å². The van der Waals surface area contributed by atoms with E-state index in [1.807, 2.05) is 11.8 Å². The fourth-order valence-corrected chi connectivity index (χ4v) is 9.65. The summed E-state index contributed by atoms with van der Waals surface area (Å²) in [5.41, 5.74) is -0.935. The van der Waals surface area contributed by atoms with E-state index in [1.165, 1.54) is 40.5 Å². The number of hydrogen-bond donors (Lipinski definition) is 2. The summed E-state index contributed by atoms with van der Waals surface area (Å²) in [6.07, 6.45) is -1.69. The molecule has 9 rings (SSSR count). The van der Waals surface area contributed by atoms with Crippen LogP contribution >= 0.6 is 11.3 Å². The van der Waals surface area contributed by atoms with E-state index >= 15 is 0 Å². The highest BCUT2D eigenvalue weighted by atomic mass is 32.1. The third-order valence-electron chi connectivity index (χ3n) is 12.4. The molecule has 6 fully saturated rings. The molecular weight excluding hydrogens is 732 g/mol. The van der Waals surface area contributed by atoms with Crippen LogP contribution in [0, 0.1) is 28.0 Å². The van der Waals surface area contributed by atoms with Crippen LogP contribution in [0.3, 0.4) is 0 Å². The summed E-state index contributed by atoms with van der Waals surface area (Å²) in [6, 6.07) is 8.09. The molecule has 6 aliphatic rings. The highest BCUT2D eigenvalue weighted by Gasteiger charge is 2.71. The number of rotatable bonds is 12. The molecule has 3 atom stereocenters. The lowest BCUT2D eigenvalue weighted by atomic mass is 9.70. The lowest BCUT2D eigenvalue weighted by Gasteiger charge is -2.51. The van der Waals surface area contributed by atoms with E-state index in [4.69, 9.17) is 14.2 Å². The molecule has 4 saturated heterocycles. The number of fused-ring (bicyclic) bond motifs is 4. The Morgan fingerprint density at radius 1 is 1.11 bits per heavy atom. The maximum atomic E-state index is 14.8. The minimum absolute atomic E-state index is 0.0486. The molecule has 0 radical (unpaired) electrons. The number of carbonyl (C=O) groups is 3. The predicted octanol–water partition coefficient (Wildman–Crippen LogP) is 5.67. The fraction of sp³-hybridized carbons (Fsp3) is 0.579. The zero-order valence-electron chi connectivity index (χ0n) is 29.7. The molecule has 290 valence electrons. The second-order valence-electron chi connectivity index (χ2n) is 15.9. The molecule has 16 heteroatoms. The predicted molar refractivity (Wildman–Crippen MR) is 189 cm³/mol. The van der Waals surface area contributed by atoms with Gasteiger partial charge >= 0.3 is 12.1 Å². The number of carbonyl (C=O) groups excluding carboxylic acids is 2. The number of thiazole rings is 1. The van der Waals surface area contributed by atoms with Crippen molar-refractivity contribution in [3.05, 3.63) is 53.3 Å². The first-order chi connectivity index (χ1) is 25.7. The first-order valence-electron chi connectivity index (χ1n) is 18.3. The van der Waals surface area contributed by atoms with E-state index in [1.54, 1.807) is 17.6 Å². The van der Waals surface area contributed by atoms with Gasteiger partial charge in [0.2, 0.25) is 11.8 Å². The maximum Gasteiger partial charge on any atom is 0.403 e. The van der Waals surface area contributed by atoms with Crippen LogP contribution in [0.25, 0.3) is 10.2 Å². The van der Waals surface area contributed by atoms with E-state index in [-0.39, 0.29) is 68.5 Å². The normalized spacial score (nSPS) is 26.4. The number of hydrogen-bond acceptors (Lipinski definition) is 9. The van der Waals surface area contributed by atoms with Crippen LogP contribution in [0.1, 0.15) is 55.8 Å². The molecule has 2 N–H and O–H groups in total. The minimum Gasteiger partial charge on any atom is -0.490 e. The highest BCUT2D eigenvalue weighted by Crippen LogP contribution is 2.60. The number of ether oxygens (including phenoxy) is 3. The molecule has 2 bridgehead atoms. The van der Waals surface area contributed by atoms with E-state index < -0.39 is 58.7 Å². The summed E-state index contributed by atoms with van der Waals surface area (Å²) in [7, 11) is 0. The van der Waals surface area contributed by atoms with Gasteiger partial charge in [-0.1, -0.05) is 12.1 Å². The summed E-state index contributed by atoms with van der Waals surface area (Å²) >= 11 is 1.32. The van der Waals surface area contributed by atoms with Crippen molar-refractivity contribution in [2.45, 2.75) is 69.9 Å². The molecule has 54 heavy (non-hydrogen) atoms. The quantitative estimate of drug-likeness (QED) is 0.224. The lowest BCUT2D eigenvalue weighted by Crippen LogP contribution is -2.66. The van der Waals surface area contributed by atoms with Crippen molar-refractivity contribution in [2.75, 3.05) is 50.9 Å². The molecule has 1 spiro atoms. The van der Waals surface area contributed by atoms with Gasteiger partial charge in [0.05, 0.1) is 58.8 Å². The summed E-state index contributed by atoms with van der Waals surface area (Å²) in [4.78, 5) is 47.1. The van der Waals surface area contributed by atoms with Gasteiger partial charge in [0.15, 0.2) is 0 Å². The van der Waals surface area contributed by atoms with Gasteiger partial charge in [-0.2, -0.15) is 13.2 Å². The number of aromatic nitrogens is 1. The lowest BCUT2D eigenvalue weighted by molar-refractivity contribution is -0.205. The van der Waals surface area contributed by atoms with Gasteiger partial charge in [0.1, 0.15) is 29.2 Å². The molecule has 3 aromatic rings. The van der Waals surface area contributed by atoms with Crippen LogP contribution < -0.4 is 15.0 Å². The van der Waals surface area contributed by atoms with E-state index in [0.717, 1.165) is 25.7 Å². The fourth-order valence-electron chi connectivity index (χ4n) is 8.84. The number of carboxylic acid groups (broad SMARTS) is 1. The molecule has 1 aromatic heterocycles. The minimum atomic E-state index is -4.67. The third kappa shape index (κ3) is 6.57. The number of benzene rings is 2. The van der Waals surface area contributed by atoms with Crippen LogP contribution in [-0.4, -0.2) is 103 Å². The summed E-state index contributed by atoms with van der Waals surface area (Å²) < 4.78 is 75.9. The van der Waals surface area contributed by atoms with Crippen molar-refractivity contribution in [1.82, 2.24) is 15.2 Å². The largest absolute Gasteiger partial charge is 0.490 e. The number of halogens is 4. The number of likely N-dealkylation sites (tertiary alicyclic amines) is 1. The maximum absolute atomic E-state index is 14.8. The Bertz CT molecular complexity index is 1930. The molecule has 2 amide bonds. The van der Waals surface area contributed by atoms with Crippen molar-refractivity contribution in [3.63, 3.8) is 0 Å². The molecule has 11 nitrogen and oxygen atoms in total. The number of anilines is 1. The Labute approximate surface area is 312 Å². The van der Waals surface area contributed by atoms with E-state index in [0.29, 0.717) is 29.1 Å². The number of para-hydroxylation sites is 1. The Morgan fingerprint density at radius 2 is 1.85 bits per heavy atom. The van der Waals surface area contributed by atoms with Crippen LogP contribution in [0.4, 0.5) is 23.2 Å². The standard InChI is InChI=1S/C38H42F4N4O7S/c1-22(52-19-35-8-6-24(7-9-35)53-20-35)28(15-51-30-5-3-2-4-25(30)33(48)49)44-32(47)26-14-45(29-13-23(39)12-27-31(29)54-21-43-27)16-36(26)17-46(18-36)34(50)37(10-11-37)38(40,41)42/h2-5,12-13,21-22,24,26,28H,6-11,14-20H2,1H3,(H,44,47)(H,48,49)/t22-,24?,26+,28-,35?/m1/s1. The van der Waals surface area contributed by atoms with Gasteiger partial charge in [0, 0.05) is 43.1 Å². The zero-order chi connectivity index (χ0) is 38.0. The van der Waals surface area contributed by atoms with Gasteiger partial charge in [0.25, 0.3) is 0 Å². The van der Waals surface area contributed by atoms with Gasteiger partial charge in [-0.3, -0.25) is 9.59 Å². The highest BCUT2D eigenvalue weighted by molar-refractivity contribution is 7.17. The van der Waals surface area contributed by atoms with Gasteiger partial charge in [-0.05, 0) is 63.6 Å². The molecular formula is C38H42F4N4O7S. The van der Waals surface area contributed by atoms with E-state index in [2.05, 4.69) is 10.3 Å². The molecule has 2 aliphatic carbocycles. The average molecular weight is 775 g/mol. The molecule has 2 saturated carbocycles. The van der Waals surface area contributed by atoms with Crippen LogP contribution in [0.2, 0.25) is 0 Å². The monoisotopic (exact) mass is 774 g/mol. The van der Waals surface area contributed by atoms with Crippen LogP contribution in [-0.2, 0) is 19.1 Å². The van der Waals surface area contributed by atoms with Gasteiger partial charge in [-0.25, -0.2) is 14.2 Å². The Hall–Kier alpha value is -4.02. The summed E-state index contributed by atoms with van der Waals surface area (Å²) in [5.74, 6) is -3.78. The summed E-state index contributed by atoms with van der Waals surface area (Å²) in [6.45, 7) is 2.82. The molecule has 2 aromatic carbocycles. The molecule has 5 heterocycles.